The van der Waals surface area contributed by atoms with E-state index < -0.39 is 0 Å². The highest BCUT2D eigenvalue weighted by Crippen LogP contribution is 2.25. The molecular formula is C20H26N4O2. The van der Waals surface area contributed by atoms with E-state index in [4.69, 9.17) is 0 Å². The minimum Gasteiger partial charge on any atom is -0.340 e. The number of nitrogens with zero attached hydrogens (tertiary/aromatic N) is 4. The maximum absolute atomic E-state index is 12.7. The van der Waals surface area contributed by atoms with Crippen molar-refractivity contribution >= 4 is 11.6 Å². The van der Waals surface area contributed by atoms with E-state index >= 15 is 0 Å². The molecule has 0 atom stereocenters. The first-order chi connectivity index (χ1) is 12.7. The third kappa shape index (κ3) is 3.65. The average molecular weight is 354 g/mol. The third-order valence-corrected chi connectivity index (χ3v) is 5.65. The molecule has 2 aromatic rings. The number of rotatable bonds is 3. The van der Waals surface area contributed by atoms with Crippen molar-refractivity contribution in [2.75, 3.05) is 26.2 Å². The fourth-order valence-corrected chi connectivity index (χ4v) is 4.15. The molecule has 1 aliphatic heterocycles. The molecule has 1 saturated carbocycles. The Morgan fingerprint density at radius 3 is 2.62 bits per heavy atom. The summed E-state index contributed by atoms with van der Waals surface area (Å²) in [5, 5.41) is 0. The first-order valence-corrected chi connectivity index (χ1v) is 9.69. The Balaban J connectivity index is 1.36. The Kier molecular flexibility index (Phi) is 5.02. The molecule has 138 valence electrons. The molecule has 3 heterocycles. The predicted octanol–water partition coefficient (Wildman–Crippen LogP) is 1.92. The van der Waals surface area contributed by atoms with Crippen LogP contribution in [0.3, 0.4) is 0 Å². The van der Waals surface area contributed by atoms with Crippen molar-refractivity contribution in [1.82, 2.24) is 19.2 Å². The maximum atomic E-state index is 12.7. The summed E-state index contributed by atoms with van der Waals surface area (Å²) in [6.07, 6.45) is 7.52. The van der Waals surface area contributed by atoms with E-state index in [0.29, 0.717) is 18.1 Å². The SMILES string of the molecule is O=C(C1CCCCC1)N1CCN(Cc2cc(=O)n3ccccc3n2)CC1. The zero-order valence-electron chi connectivity index (χ0n) is 15.1. The van der Waals surface area contributed by atoms with Gasteiger partial charge >= 0.3 is 0 Å². The molecule has 0 spiro atoms. The van der Waals surface area contributed by atoms with Crippen LogP contribution in [0.1, 0.15) is 37.8 Å². The van der Waals surface area contributed by atoms with Crippen LogP contribution >= 0.6 is 0 Å². The van der Waals surface area contributed by atoms with Crippen molar-refractivity contribution in [3.8, 4) is 0 Å². The minimum atomic E-state index is -0.0447. The van der Waals surface area contributed by atoms with Gasteiger partial charge in [-0.15, -0.1) is 0 Å². The van der Waals surface area contributed by atoms with E-state index in [0.717, 1.165) is 44.7 Å². The van der Waals surface area contributed by atoms with Gasteiger partial charge in [0.15, 0.2) is 0 Å². The van der Waals surface area contributed by atoms with Crippen molar-refractivity contribution in [1.29, 1.82) is 0 Å². The third-order valence-electron chi connectivity index (χ3n) is 5.65. The standard InChI is InChI=1S/C20H26N4O2/c25-19-14-17(21-18-8-4-5-9-24(18)19)15-22-10-12-23(13-11-22)20(26)16-6-2-1-3-7-16/h4-5,8-9,14,16H,1-3,6-7,10-13,15H2. The van der Waals surface area contributed by atoms with Crippen LogP contribution in [0.4, 0.5) is 0 Å². The highest BCUT2D eigenvalue weighted by atomic mass is 16.2. The Hall–Kier alpha value is -2.21. The lowest BCUT2D eigenvalue weighted by Crippen LogP contribution is -2.50. The summed E-state index contributed by atoms with van der Waals surface area (Å²) >= 11 is 0. The first-order valence-electron chi connectivity index (χ1n) is 9.69. The molecule has 1 amide bonds. The molecule has 6 nitrogen and oxygen atoms in total. The van der Waals surface area contributed by atoms with Crippen LogP contribution in [0.2, 0.25) is 0 Å². The smallest absolute Gasteiger partial charge is 0.258 e. The minimum absolute atomic E-state index is 0.0447. The number of carbonyl (C=O) groups excluding carboxylic acids is 1. The highest BCUT2D eigenvalue weighted by molar-refractivity contribution is 5.79. The van der Waals surface area contributed by atoms with Gasteiger partial charge in [0.2, 0.25) is 5.91 Å². The Bertz CT molecular complexity index is 833. The molecule has 1 saturated heterocycles. The van der Waals surface area contributed by atoms with E-state index in [-0.39, 0.29) is 11.5 Å². The number of fused-ring (bicyclic) bond motifs is 1. The normalized spacial score (nSPS) is 19.8. The fraction of sp³-hybridized carbons (Fsp3) is 0.550. The average Bonchev–Trinajstić information content (AvgIpc) is 2.69. The van der Waals surface area contributed by atoms with Gasteiger partial charge < -0.3 is 4.90 Å². The van der Waals surface area contributed by atoms with E-state index in [9.17, 15) is 9.59 Å². The van der Waals surface area contributed by atoms with Gasteiger partial charge in [-0.3, -0.25) is 18.9 Å². The van der Waals surface area contributed by atoms with Crippen LogP contribution in [0.15, 0.2) is 35.3 Å². The van der Waals surface area contributed by atoms with Gasteiger partial charge in [-0.25, -0.2) is 4.98 Å². The molecule has 2 aromatic heterocycles. The second kappa shape index (κ2) is 7.58. The van der Waals surface area contributed by atoms with Crippen molar-refractivity contribution in [2.24, 2.45) is 5.92 Å². The number of amides is 1. The van der Waals surface area contributed by atoms with Gasteiger partial charge in [-0.2, -0.15) is 0 Å². The van der Waals surface area contributed by atoms with Crippen LogP contribution in [0.25, 0.3) is 5.65 Å². The lowest BCUT2D eigenvalue weighted by molar-refractivity contribution is -0.138. The Labute approximate surface area is 153 Å². The summed E-state index contributed by atoms with van der Waals surface area (Å²) in [6.45, 7) is 3.90. The quantitative estimate of drug-likeness (QED) is 0.845. The molecule has 2 aliphatic rings. The van der Waals surface area contributed by atoms with Crippen molar-refractivity contribution in [2.45, 2.75) is 38.6 Å². The lowest BCUT2D eigenvalue weighted by atomic mass is 9.88. The topological polar surface area (TPSA) is 57.9 Å². The Morgan fingerprint density at radius 2 is 1.85 bits per heavy atom. The van der Waals surface area contributed by atoms with Gasteiger partial charge in [0, 0.05) is 50.9 Å². The second-order valence-corrected chi connectivity index (χ2v) is 7.45. The van der Waals surface area contributed by atoms with Crippen LogP contribution in [0, 0.1) is 5.92 Å². The summed E-state index contributed by atoms with van der Waals surface area (Å²) in [5.74, 6) is 0.601. The highest BCUT2D eigenvalue weighted by Gasteiger charge is 2.28. The van der Waals surface area contributed by atoms with Gasteiger partial charge in [-0.05, 0) is 25.0 Å². The van der Waals surface area contributed by atoms with Gasteiger partial charge in [0.1, 0.15) is 5.65 Å². The number of carbonyl (C=O) groups is 1. The molecule has 26 heavy (non-hydrogen) atoms. The molecule has 0 unspecified atom stereocenters. The number of pyridine rings is 1. The number of hydrogen-bond donors (Lipinski definition) is 0. The second-order valence-electron chi connectivity index (χ2n) is 7.45. The molecule has 0 aromatic carbocycles. The first kappa shape index (κ1) is 17.2. The predicted molar refractivity (Wildman–Crippen MR) is 99.9 cm³/mol. The van der Waals surface area contributed by atoms with Crippen LogP contribution < -0.4 is 5.56 Å². The monoisotopic (exact) mass is 354 g/mol. The zero-order chi connectivity index (χ0) is 17.9. The molecule has 6 heteroatoms. The maximum Gasteiger partial charge on any atom is 0.258 e. The van der Waals surface area contributed by atoms with Crippen LogP contribution in [0.5, 0.6) is 0 Å². The van der Waals surface area contributed by atoms with Crippen molar-refractivity contribution < 1.29 is 4.79 Å². The fourth-order valence-electron chi connectivity index (χ4n) is 4.15. The summed E-state index contributed by atoms with van der Waals surface area (Å²) in [7, 11) is 0. The number of hydrogen-bond acceptors (Lipinski definition) is 4. The summed E-state index contributed by atoms with van der Waals surface area (Å²) in [5.41, 5.74) is 1.44. The van der Waals surface area contributed by atoms with E-state index in [1.54, 1.807) is 16.7 Å². The van der Waals surface area contributed by atoms with Gasteiger partial charge in [0.25, 0.3) is 5.56 Å². The largest absolute Gasteiger partial charge is 0.340 e. The summed E-state index contributed by atoms with van der Waals surface area (Å²) in [6, 6.07) is 7.19. The van der Waals surface area contributed by atoms with E-state index in [1.165, 1.54) is 19.3 Å². The molecule has 0 radical (unpaired) electrons. The summed E-state index contributed by atoms with van der Waals surface area (Å²) < 4.78 is 1.56. The lowest BCUT2D eigenvalue weighted by Gasteiger charge is -2.37. The Morgan fingerprint density at radius 1 is 1.08 bits per heavy atom. The van der Waals surface area contributed by atoms with Crippen LogP contribution in [-0.2, 0) is 11.3 Å². The number of aromatic nitrogens is 2. The molecular weight excluding hydrogens is 328 g/mol. The van der Waals surface area contributed by atoms with E-state index in [1.807, 2.05) is 23.1 Å². The molecule has 1 aliphatic carbocycles. The van der Waals surface area contributed by atoms with Gasteiger partial charge in [0.05, 0.1) is 5.69 Å². The van der Waals surface area contributed by atoms with Gasteiger partial charge in [-0.1, -0.05) is 25.3 Å². The zero-order valence-corrected chi connectivity index (χ0v) is 15.1. The summed E-state index contributed by atoms with van der Waals surface area (Å²) in [4.78, 5) is 33.8. The molecule has 0 bridgehead atoms. The number of piperazine rings is 1. The van der Waals surface area contributed by atoms with Crippen molar-refractivity contribution in [3.63, 3.8) is 0 Å². The molecule has 0 N–H and O–H groups in total. The molecule has 4 rings (SSSR count). The van der Waals surface area contributed by atoms with E-state index in [2.05, 4.69) is 9.88 Å². The molecule has 2 fully saturated rings. The van der Waals surface area contributed by atoms with Crippen LogP contribution in [-0.4, -0.2) is 51.3 Å². The van der Waals surface area contributed by atoms with Crippen molar-refractivity contribution in [3.05, 3.63) is 46.5 Å².